The predicted molar refractivity (Wildman–Crippen MR) is 222 cm³/mol. The minimum Gasteiger partial charge on any atom is -0.464 e. The molecule has 0 spiro atoms. The van der Waals surface area contributed by atoms with Gasteiger partial charge in [-0.25, -0.2) is 9.59 Å². The zero-order valence-electron chi connectivity index (χ0n) is 29.9. The topological polar surface area (TPSA) is 71.1 Å². The van der Waals surface area contributed by atoms with Crippen LogP contribution in [0.5, 0.6) is 0 Å². The number of carbonyl (C=O) groups is 2. The molecule has 0 saturated heterocycles. The molecule has 0 unspecified atom stereocenters. The van der Waals surface area contributed by atoms with E-state index in [0.29, 0.717) is 5.02 Å². The highest BCUT2D eigenvalue weighted by atomic mass is 35.5. The Morgan fingerprint density at radius 2 is 1.02 bits per heavy atom. The number of halogens is 2. The number of ether oxygens (including phenoxy) is 4. The van der Waals surface area contributed by atoms with E-state index in [1.165, 1.54) is 0 Å². The molecule has 6 rings (SSSR count). The first-order chi connectivity index (χ1) is 26.4. The van der Waals surface area contributed by atoms with E-state index < -0.39 is 52.7 Å². The van der Waals surface area contributed by atoms with Crippen LogP contribution in [0.4, 0.5) is 0 Å². The summed E-state index contributed by atoms with van der Waals surface area (Å²) in [5.74, 6) is -3.92. The molecule has 10 heteroatoms. The summed E-state index contributed by atoms with van der Waals surface area (Å²) in [6.45, 7) is 2.76. The summed E-state index contributed by atoms with van der Waals surface area (Å²) < 4.78 is 24.0. The summed E-state index contributed by atoms with van der Waals surface area (Å²) in [6, 6.07) is 47.0. The van der Waals surface area contributed by atoms with Gasteiger partial charge in [-0.3, -0.25) is 0 Å². The quantitative estimate of drug-likeness (QED) is 0.0605. The Balaban J connectivity index is 1.68. The molecule has 0 N–H and O–H groups in total. The number of allylic oxidation sites excluding steroid dienone is 2. The van der Waals surface area contributed by atoms with Gasteiger partial charge in [0, 0.05) is 5.02 Å². The fraction of sp³-hybridized carbons (Fsp3) is 0.182. The van der Waals surface area contributed by atoms with E-state index in [2.05, 4.69) is 54.6 Å². The van der Waals surface area contributed by atoms with E-state index in [1.807, 2.05) is 91.0 Å². The number of rotatable bonds is 15. The van der Waals surface area contributed by atoms with Crippen LogP contribution in [0.2, 0.25) is 5.02 Å². The van der Waals surface area contributed by atoms with Crippen molar-refractivity contribution in [2.45, 2.75) is 25.6 Å². The maximum absolute atomic E-state index is 13.1. The number of hydrogen-bond acceptors (Lipinski definition) is 6. The Hall–Kier alpha value is -4.12. The molecule has 1 atom stereocenters. The Morgan fingerprint density at radius 1 is 0.593 bits per heavy atom. The minimum absolute atomic E-state index is 0.149. The van der Waals surface area contributed by atoms with Gasteiger partial charge in [0.2, 0.25) is 5.79 Å². The van der Waals surface area contributed by atoms with Gasteiger partial charge in [0.1, 0.15) is 13.2 Å². The molecular formula is C44H40Cl2O6P2. The lowest BCUT2D eigenvalue weighted by molar-refractivity contribution is -0.225. The predicted octanol–water partition coefficient (Wildman–Crippen LogP) is 8.19. The molecule has 0 heterocycles. The molecule has 0 amide bonds. The molecule has 0 aromatic heterocycles. The van der Waals surface area contributed by atoms with Crippen LogP contribution < -0.4 is 26.5 Å². The molecule has 54 heavy (non-hydrogen) atoms. The first-order valence-corrected chi connectivity index (χ1v) is 21.1. The second-order valence-electron chi connectivity index (χ2n) is 12.1. The molecule has 1 aliphatic carbocycles. The second kappa shape index (κ2) is 19.0. The van der Waals surface area contributed by atoms with Gasteiger partial charge in [-0.1, -0.05) is 157 Å². The highest BCUT2D eigenvalue weighted by Crippen LogP contribution is 2.59. The molecule has 5 aromatic carbocycles. The third kappa shape index (κ3) is 9.04. The van der Waals surface area contributed by atoms with Gasteiger partial charge in [0.05, 0.1) is 24.2 Å². The van der Waals surface area contributed by atoms with Crippen LogP contribution in [0.15, 0.2) is 162 Å². The zero-order chi connectivity index (χ0) is 37.9. The highest BCUT2D eigenvalue weighted by Gasteiger charge is 2.52. The molecule has 5 aromatic rings. The summed E-state index contributed by atoms with van der Waals surface area (Å²) in [6.07, 6.45) is 3.77. The number of carbonyl (C=O) groups excluding carboxylic acids is 2. The van der Waals surface area contributed by atoms with Gasteiger partial charge in [-0.2, -0.15) is 0 Å². The Labute approximate surface area is 329 Å². The van der Waals surface area contributed by atoms with Crippen molar-refractivity contribution in [3.8, 4) is 0 Å². The monoisotopic (exact) mass is 796 g/mol. The largest absolute Gasteiger partial charge is 0.464 e. The SMILES string of the molecule is CCOC(=O)COC1(OCC(=O)OCC)C(Cl)=CC=C(P(c2ccccc2)c2ccccc2)[C@H]1c1cc(Cl)ccc1P(c1ccccc1)c1ccccc1. The van der Waals surface area contributed by atoms with Crippen LogP contribution in [0, 0.1) is 0 Å². The van der Waals surface area contributed by atoms with Gasteiger partial charge >= 0.3 is 11.9 Å². The van der Waals surface area contributed by atoms with Crippen molar-refractivity contribution in [2.75, 3.05) is 26.4 Å². The standard InChI is InChI=1S/C44H40Cl2O6P2/c1-3-49-41(47)30-51-44(52-31-42(48)50-4-2)40(46)28-27-39(54(35-21-13-7-14-22-35)36-23-15-8-16-24-36)43(44)37-29-32(45)25-26-38(37)53(33-17-9-5-10-18-33)34-19-11-6-12-20-34/h5-29,43H,3-4,30-31H2,1-2H3/t43-/m1/s1. The van der Waals surface area contributed by atoms with Gasteiger partial charge in [-0.05, 0) is 85.3 Å². The van der Waals surface area contributed by atoms with Crippen LogP contribution in [-0.4, -0.2) is 44.2 Å². The van der Waals surface area contributed by atoms with Gasteiger partial charge < -0.3 is 18.9 Å². The normalized spacial score (nSPS) is 15.0. The number of hydrogen-bond donors (Lipinski definition) is 0. The average Bonchev–Trinajstić information content (AvgIpc) is 3.20. The Kier molecular flexibility index (Phi) is 13.9. The van der Waals surface area contributed by atoms with Crippen molar-refractivity contribution in [3.05, 3.63) is 173 Å². The molecule has 0 radical (unpaired) electrons. The van der Waals surface area contributed by atoms with Crippen molar-refractivity contribution in [1.82, 2.24) is 0 Å². The fourth-order valence-electron chi connectivity index (χ4n) is 6.50. The van der Waals surface area contributed by atoms with Crippen molar-refractivity contribution in [1.29, 1.82) is 0 Å². The minimum atomic E-state index is -1.89. The molecule has 1 aliphatic rings. The average molecular weight is 798 g/mol. The third-order valence-corrected chi connectivity index (χ3v) is 14.4. The smallest absolute Gasteiger partial charge is 0.332 e. The van der Waals surface area contributed by atoms with Crippen LogP contribution in [-0.2, 0) is 28.5 Å². The zero-order valence-corrected chi connectivity index (χ0v) is 33.2. The molecule has 0 aliphatic heterocycles. The first-order valence-electron chi connectivity index (χ1n) is 17.6. The summed E-state index contributed by atoms with van der Waals surface area (Å²) in [5, 5.41) is 6.91. The molecule has 0 fully saturated rings. The second-order valence-corrected chi connectivity index (χ2v) is 17.4. The van der Waals surface area contributed by atoms with Crippen LogP contribution in [0.1, 0.15) is 25.3 Å². The lowest BCUT2D eigenvalue weighted by Crippen LogP contribution is -2.49. The molecular weight excluding hydrogens is 757 g/mol. The van der Waals surface area contributed by atoms with Gasteiger partial charge in [0.15, 0.2) is 0 Å². The van der Waals surface area contributed by atoms with Crippen LogP contribution >= 0.6 is 39.0 Å². The highest BCUT2D eigenvalue weighted by molar-refractivity contribution is 7.80. The van der Waals surface area contributed by atoms with E-state index >= 15 is 0 Å². The summed E-state index contributed by atoms with van der Waals surface area (Å²) >= 11 is 14.3. The van der Waals surface area contributed by atoms with Crippen molar-refractivity contribution in [3.63, 3.8) is 0 Å². The lowest BCUT2D eigenvalue weighted by Gasteiger charge is -2.45. The molecule has 0 saturated carbocycles. The third-order valence-electron chi connectivity index (χ3n) is 8.69. The Morgan fingerprint density at radius 3 is 1.44 bits per heavy atom. The maximum atomic E-state index is 13.1. The van der Waals surface area contributed by atoms with Crippen molar-refractivity contribution in [2.24, 2.45) is 0 Å². The number of esters is 2. The van der Waals surface area contributed by atoms with E-state index in [-0.39, 0.29) is 18.2 Å². The summed E-state index contributed by atoms with van der Waals surface area (Å²) in [7, 11) is -2.49. The van der Waals surface area contributed by atoms with E-state index in [4.69, 9.17) is 42.1 Å². The molecule has 6 nitrogen and oxygen atoms in total. The van der Waals surface area contributed by atoms with Crippen LogP contribution in [0.3, 0.4) is 0 Å². The summed E-state index contributed by atoms with van der Waals surface area (Å²) in [5.41, 5.74) is 0.783. The summed E-state index contributed by atoms with van der Waals surface area (Å²) in [4.78, 5) is 26.2. The van der Waals surface area contributed by atoms with Gasteiger partial charge in [0.25, 0.3) is 0 Å². The molecule has 276 valence electrons. The van der Waals surface area contributed by atoms with Crippen molar-refractivity contribution < 1.29 is 28.5 Å². The Bertz CT molecular complexity index is 1980. The maximum Gasteiger partial charge on any atom is 0.332 e. The van der Waals surface area contributed by atoms with E-state index in [0.717, 1.165) is 37.4 Å². The van der Waals surface area contributed by atoms with Crippen molar-refractivity contribution >= 4 is 77.5 Å². The van der Waals surface area contributed by atoms with E-state index in [1.54, 1.807) is 19.9 Å². The first kappa shape index (κ1) is 39.6. The van der Waals surface area contributed by atoms with E-state index in [9.17, 15) is 9.59 Å². The molecule has 0 bridgehead atoms. The fourth-order valence-corrected chi connectivity index (χ4v) is 12.1. The van der Waals surface area contributed by atoms with Crippen LogP contribution in [0.25, 0.3) is 0 Å². The number of benzene rings is 5. The lowest BCUT2D eigenvalue weighted by atomic mass is 9.85. The van der Waals surface area contributed by atoms with Gasteiger partial charge in [-0.15, -0.1) is 0 Å².